The minimum absolute atomic E-state index is 0.00820. The first-order valence-electron chi connectivity index (χ1n) is 15.9. The zero-order chi connectivity index (χ0) is 38.5. The maximum atomic E-state index is 14.3. The van der Waals surface area contributed by atoms with Gasteiger partial charge in [-0.2, -0.15) is 0 Å². The van der Waals surface area contributed by atoms with Crippen LogP contribution in [-0.4, -0.2) is 71.2 Å². The number of allylic oxidation sites excluding steroid dienone is 4. The molecule has 1 aliphatic heterocycles. The van der Waals surface area contributed by atoms with E-state index in [-0.39, 0.29) is 46.7 Å². The summed E-state index contributed by atoms with van der Waals surface area (Å²) in [6.45, 7) is -0.363. The summed E-state index contributed by atoms with van der Waals surface area (Å²) in [6.07, 6.45) is 1.12. The normalized spacial score (nSPS) is 23.8. The number of nitrogens with zero attached hydrogens (tertiary/aromatic N) is 5. The summed E-state index contributed by atoms with van der Waals surface area (Å²) in [4.78, 5) is 69.5. The highest BCUT2D eigenvalue weighted by atomic mass is 79.9. The van der Waals surface area contributed by atoms with E-state index in [2.05, 4.69) is 20.9 Å². The quantitative estimate of drug-likeness (QED) is 0.210. The maximum Gasteiger partial charge on any atom is 0.347 e. The van der Waals surface area contributed by atoms with Crippen molar-refractivity contribution in [2.75, 3.05) is 21.3 Å². The monoisotopic (exact) mass is 869 g/mol. The van der Waals surface area contributed by atoms with Gasteiger partial charge < -0.3 is 23.9 Å². The molecule has 53 heavy (non-hydrogen) atoms. The van der Waals surface area contributed by atoms with Crippen LogP contribution in [0.1, 0.15) is 29.6 Å². The average molecular weight is 872 g/mol. The number of methoxy groups -OCH3 is 3. The zero-order valence-corrected chi connectivity index (χ0v) is 32.8. The molecular formula is C34H28BrCl4N5O9. The van der Waals surface area contributed by atoms with Gasteiger partial charge in [0.25, 0.3) is 5.56 Å². The number of ether oxygens (including phenoxy) is 3. The lowest BCUT2D eigenvalue weighted by Gasteiger charge is -2.54. The molecule has 0 spiro atoms. The van der Waals surface area contributed by atoms with Crippen LogP contribution >= 0.6 is 62.3 Å². The van der Waals surface area contributed by atoms with Gasteiger partial charge in [-0.25, -0.2) is 28.5 Å². The predicted octanol–water partition coefficient (Wildman–Crippen LogP) is 4.26. The number of carbonyl (C=O) groups excluding carboxylic acids is 2. The second kappa shape index (κ2) is 13.1. The number of hydrogen-bond donors (Lipinski definition) is 1. The Morgan fingerprint density at radius 2 is 1.57 bits per heavy atom. The number of aromatic nitrogens is 5. The molecule has 2 aromatic carbocycles. The summed E-state index contributed by atoms with van der Waals surface area (Å²) in [5.74, 6) is -2.53. The highest BCUT2D eigenvalue weighted by Gasteiger charge is 2.71. The highest BCUT2D eigenvalue weighted by Crippen LogP contribution is 2.64. The molecule has 0 saturated heterocycles. The van der Waals surface area contributed by atoms with Gasteiger partial charge in [-0.3, -0.25) is 14.4 Å². The van der Waals surface area contributed by atoms with E-state index < -0.39 is 66.7 Å². The second-order valence-corrected chi connectivity index (χ2v) is 15.6. The summed E-state index contributed by atoms with van der Waals surface area (Å²) >= 11 is 30.4. The molecule has 2 aromatic heterocycles. The smallest absolute Gasteiger partial charge is 0.347 e. The fourth-order valence-electron chi connectivity index (χ4n) is 7.59. The Morgan fingerprint density at radius 1 is 0.925 bits per heavy atom. The predicted molar refractivity (Wildman–Crippen MR) is 199 cm³/mol. The van der Waals surface area contributed by atoms with Gasteiger partial charge in [0, 0.05) is 44.5 Å². The minimum Gasteiger partial charge on any atom is -0.503 e. The number of benzene rings is 2. The van der Waals surface area contributed by atoms with Crippen molar-refractivity contribution in [3.8, 4) is 23.0 Å². The van der Waals surface area contributed by atoms with Crippen LogP contribution in [0.3, 0.4) is 0 Å². The van der Waals surface area contributed by atoms with E-state index in [0.29, 0.717) is 28.1 Å². The third kappa shape index (κ3) is 5.18. The van der Waals surface area contributed by atoms with Crippen LogP contribution in [0.4, 0.5) is 0 Å². The first-order chi connectivity index (χ1) is 25.0. The molecule has 1 saturated carbocycles. The molecule has 3 aliphatic rings. The van der Waals surface area contributed by atoms with Gasteiger partial charge >= 0.3 is 11.4 Å². The molecule has 0 bridgehead atoms. The minimum atomic E-state index is -2.27. The van der Waals surface area contributed by atoms with Gasteiger partial charge in [0.1, 0.15) is 25.5 Å². The van der Waals surface area contributed by atoms with E-state index in [0.717, 1.165) is 4.57 Å². The molecule has 4 aromatic rings. The number of phenols is 1. The lowest BCUT2D eigenvalue weighted by atomic mass is 9.59. The number of Topliss-reactive ketones (excluding diaryl/α,β-unsaturated/α-hetero) is 2. The number of carbonyl (C=O) groups is 2. The molecule has 4 atom stereocenters. The SMILES string of the molecule is COc1cc2nc(CCn3c(=O)n4n(c3=O)C3CC5(Cl)C(=O)C(Cl)=C(Cl)C(=O)C5(Cl)C(c5cc(Br)c(O)c(OC)c5)C3=CC4)c(=O)n(C)c2cc1OC. The topological polar surface area (TPSA) is 166 Å². The Hall–Kier alpha value is -4.02. The van der Waals surface area contributed by atoms with Gasteiger partial charge in [-0.1, -0.05) is 29.3 Å². The Balaban J connectivity index is 1.35. The Morgan fingerprint density at radius 3 is 2.23 bits per heavy atom. The van der Waals surface area contributed by atoms with Crippen LogP contribution in [0.25, 0.3) is 11.0 Å². The highest BCUT2D eigenvalue weighted by molar-refractivity contribution is 9.10. The van der Waals surface area contributed by atoms with E-state index in [1.54, 1.807) is 25.3 Å². The van der Waals surface area contributed by atoms with Crippen molar-refractivity contribution < 1.29 is 28.9 Å². The lowest BCUT2D eigenvalue weighted by Crippen LogP contribution is -2.67. The van der Waals surface area contributed by atoms with Gasteiger partial charge in [0.2, 0.25) is 0 Å². The first-order valence-corrected chi connectivity index (χ1v) is 18.2. The molecule has 14 nitrogen and oxygen atoms in total. The van der Waals surface area contributed by atoms with Crippen LogP contribution in [0, 0.1) is 0 Å². The molecule has 3 heterocycles. The fourth-order valence-corrected chi connectivity index (χ4v) is 9.57. The Kier molecular flexibility index (Phi) is 9.21. The Labute approximate surface area is 327 Å². The summed E-state index contributed by atoms with van der Waals surface area (Å²) in [5.41, 5.74) is -0.247. The van der Waals surface area contributed by atoms with E-state index in [9.17, 15) is 29.1 Å². The van der Waals surface area contributed by atoms with Crippen LogP contribution in [0.15, 0.2) is 64.8 Å². The first kappa shape index (κ1) is 37.3. The van der Waals surface area contributed by atoms with Crippen molar-refractivity contribution in [1.82, 2.24) is 23.5 Å². The number of phenolic OH excluding ortho intramolecular Hbond substituents is 1. The van der Waals surface area contributed by atoms with Crippen molar-refractivity contribution >= 4 is 84.9 Å². The van der Waals surface area contributed by atoms with Crippen molar-refractivity contribution in [3.63, 3.8) is 0 Å². The number of alkyl halides is 2. The standard InChI is InChI=1S/C34H28BrCl4N5O9/c1-41-19-12-22(52-3)21(51-2)11-18(19)40-17(30(41)48)6-7-42-31(49)43-8-5-15-20(44(43)32(42)50)13-33(38)28(46)25(36)26(37)29(47)34(33,39)24(15)14-9-16(35)27(45)23(10-14)53-4/h5,9-12,20,24,45H,6-8,13H2,1-4H3. The van der Waals surface area contributed by atoms with Gasteiger partial charge in [0.05, 0.1) is 49.4 Å². The summed E-state index contributed by atoms with van der Waals surface area (Å²) in [5, 5.41) is 9.39. The van der Waals surface area contributed by atoms with Crippen molar-refractivity contribution in [1.29, 1.82) is 0 Å². The van der Waals surface area contributed by atoms with Gasteiger partial charge in [0.15, 0.2) is 34.6 Å². The van der Waals surface area contributed by atoms with E-state index in [4.69, 9.17) is 60.6 Å². The van der Waals surface area contributed by atoms with E-state index >= 15 is 0 Å². The fraction of sp³-hybridized carbons (Fsp3) is 0.353. The van der Waals surface area contributed by atoms with Crippen molar-refractivity contribution in [3.05, 3.63) is 93.0 Å². The molecule has 1 N–H and O–H groups in total. The van der Waals surface area contributed by atoms with Crippen LogP contribution in [0.5, 0.6) is 23.0 Å². The van der Waals surface area contributed by atoms with Crippen molar-refractivity contribution in [2.45, 2.75) is 47.6 Å². The molecule has 2 aliphatic carbocycles. The van der Waals surface area contributed by atoms with E-state index in [1.165, 1.54) is 47.4 Å². The van der Waals surface area contributed by atoms with Gasteiger partial charge in [-0.15, -0.1) is 23.2 Å². The molecule has 7 rings (SSSR count). The molecule has 4 unspecified atom stereocenters. The number of halogens is 5. The third-order valence-corrected chi connectivity index (χ3v) is 13.1. The third-order valence-electron chi connectivity index (χ3n) is 10.2. The van der Waals surface area contributed by atoms with Crippen LogP contribution in [0.2, 0.25) is 0 Å². The average Bonchev–Trinajstić information content (AvgIpc) is 3.39. The largest absolute Gasteiger partial charge is 0.503 e. The summed E-state index contributed by atoms with van der Waals surface area (Å²) < 4.78 is 21.0. The molecule has 0 amide bonds. The van der Waals surface area contributed by atoms with Crippen LogP contribution < -0.4 is 31.1 Å². The zero-order valence-electron chi connectivity index (χ0n) is 28.2. The summed E-state index contributed by atoms with van der Waals surface area (Å²) in [7, 11) is 5.84. The number of ketones is 2. The number of rotatable bonds is 7. The lowest BCUT2D eigenvalue weighted by molar-refractivity contribution is -0.128. The number of aryl methyl sites for hydroxylation is 2. The van der Waals surface area contributed by atoms with Gasteiger partial charge in [-0.05, 0) is 39.2 Å². The Bertz CT molecular complexity index is 2560. The summed E-state index contributed by atoms with van der Waals surface area (Å²) in [6, 6.07) is 5.07. The molecule has 19 heteroatoms. The molecule has 1 fully saturated rings. The van der Waals surface area contributed by atoms with Crippen LogP contribution in [-0.2, 0) is 36.1 Å². The molecular weight excluding hydrogens is 844 g/mol. The number of hydrogen-bond acceptors (Lipinski definition) is 10. The number of fused-ring (bicyclic) bond motifs is 5. The van der Waals surface area contributed by atoms with E-state index in [1.807, 2.05) is 0 Å². The number of aromatic hydroxyl groups is 1. The van der Waals surface area contributed by atoms with Crippen molar-refractivity contribution in [2.24, 2.45) is 7.05 Å². The molecule has 0 radical (unpaired) electrons. The second-order valence-electron chi connectivity index (χ2n) is 12.7. The molecule has 278 valence electrons. The maximum absolute atomic E-state index is 14.3.